The first-order valence-electron chi connectivity index (χ1n) is 5.34. The highest BCUT2D eigenvalue weighted by molar-refractivity contribution is 5.69. The van der Waals surface area contributed by atoms with Crippen LogP contribution >= 0.6 is 0 Å². The molecule has 0 saturated heterocycles. The summed E-state index contributed by atoms with van der Waals surface area (Å²) in [5, 5.41) is 13.7. The number of nitrogens with one attached hydrogen (secondary N) is 1. The molecule has 0 aliphatic rings. The summed E-state index contributed by atoms with van der Waals surface area (Å²) in [4.78, 5) is 10.1. The van der Waals surface area contributed by atoms with E-state index >= 15 is 0 Å². The van der Waals surface area contributed by atoms with Crippen molar-refractivity contribution in [1.82, 2.24) is 0 Å². The van der Waals surface area contributed by atoms with Crippen LogP contribution in [0.3, 0.4) is 0 Å². The summed E-state index contributed by atoms with van der Waals surface area (Å²) in [7, 11) is 0. The van der Waals surface area contributed by atoms with Gasteiger partial charge in [-0.15, -0.1) is 0 Å². The average molecular weight is 246 g/mol. The van der Waals surface area contributed by atoms with Crippen molar-refractivity contribution in [2.24, 2.45) is 0 Å². The molecule has 0 unspecified atom stereocenters. The van der Waals surface area contributed by atoms with Crippen molar-refractivity contribution in [2.75, 3.05) is 5.32 Å². The Labute approximate surface area is 103 Å². The first-order valence-corrected chi connectivity index (χ1v) is 5.34. The van der Waals surface area contributed by atoms with Crippen LogP contribution in [0.2, 0.25) is 0 Å². The summed E-state index contributed by atoms with van der Waals surface area (Å²) >= 11 is 0. The number of aryl methyl sites for hydroxylation is 1. The molecule has 0 heterocycles. The average Bonchev–Trinajstić information content (AvgIpc) is 2.28. The fourth-order valence-corrected chi connectivity index (χ4v) is 1.68. The number of benzene rings is 2. The predicted octanol–water partition coefficient (Wildman–Crippen LogP) is 3.79. The highest BCUT2D eigenvalue weighted by atomic mass is 19.1. The summed E-state index contributed by atoms with van der Waals surface area (Å²) in [6.45, 7) is 1.91. The van der Waals surface area contributed by atoms with Gasteiger partial charge in [-0.2, -0.15) is 4.39 Å². The number of nitro benzene ring substituents is 1. The van der Waals surface area contributed by atoms with E-state index in [0.29, 0.717) is 5.69 Å². The van der Waals surface area contributed by atoms with Crippen LogP contribution in [-0.2, 0) is 0 Å². The summed E-state index contributed by atoms with van der Waals surface area (Å²) in [5.74, 6) is -0.849. The van der Waals surface area contributed by atoms with E-state index in [1.54, 1.807) is 6.07 Å². The molecule has 0 aromatic heterocycles. The van der Waals surface area contributed by atoms with Gasteiger partial charge in [0, 0.05) is 5.69 Å². The van der Waals surface area contributed by atoms with Crippen molar-refractivity contribution in [3.63, 3.8) is 0 Å². The molecule has 2 rings (SSSR count). The van der Waals surface area contributed by atoms with Crippen LogP contribution in [0, 0.1) is 22.9 Å². The zero-order chi connectivity index (χ0) is 13.1. The lowest BCUT2D eigenvalue weighted by atomic mass is 10.2. The summed E-state index contributed by atoms with van der Waals surface area (Å²) in [5.41, 5.74) is 1.30. The maximum Gasteiger partial charge on any atom is 0.327 e. The third-order valence-corrected chi connectivity index (χ3v) is 2.47. The fourth-order valence-electron chi connectivity index (χ4n) is 1.68. The van der Waals surface area contributed by atoms with Gasteiger partial charge in [0.05, 0.1) is 4.92 Å². The van der Waals surface area contributed by atoms with Crippen LogP contribution in [0.5, 0.6) is 0 Å². The van der Waals surface area contributed by atoms with Gasteiger partial charge in [0.2, 0.25) is 5.82 Å². The van der Waals surface area contributed by atoms with Gasteiger partial charge >= 0.3 is 5.69 Å². The lowest BCUT2D eigenvalue weighted by molar-refractivity contribution is -0.386. The summed E-state index contributed by atoms with van der Waals surface area (Å²) in [6.07, 6.45) is 0. The molecule has 4 nitrogen and oxygen atoms in total. The Hall–Kier alpha value is -2.43. The lowest BCUT2D eigenvalue weighted by Gasteiger charge is -2.07. The standard InChI is InChI=1S/C13H11FN2O2/c1-9-4-2-5-10(8-9)15-12-7-3-6-11(14)13(12)16(17)18/h2-8,15H,1H3. The third-order valence-electron chi connectivity index (χ3n) is 2.47. The normalized spacial score (nSPS) is 10.1. The van der Waals surface area contributed by atoms with E-state index in [1.807, 2.05) is 25.1 Å². The number of anilines is 2. The number of rotatable bonds is 3. The van der Waals surface area contributed by atoms with Gasteiger partial charge in [-0.1, -0.05) is 18.2 Å². The van der Waals surface area contributed by atoms with Crippen LogP contribution in [-0.4, -0.2) is 4.92 Å². The van der Waals surface area contributed by atoms with Gasteiger partial charge < -0.3 is 5.32 Å². The van der Waals surface area contributed by atoms with E-state index in [2.05, 4.69) is 5.32 Å². The smallest absolute Gasteiger partial charge is 0.327 e. The van der Waals surface area contributed by atoms with Crippen LogP contribution in [0.4, 0.5) is 21.5 Å². The van der Waals surface area contributed by atoms with Crippen molar-refractivity contribution in [3.8, 4) is 0 Å². The zero-order valence-corrected chi connectivity index (χ0v) is 9.68. The Morgan fingerprint density at radius 3 is 2.61 bits per heavy atom. The van der Waals surface area contributed by atoms with Crippen molar-refractivity contribution in [2.45, 2.75) is 6.92 Å². The lowest BCUT2D eigenvalue weighted by Crippen LogP contribution is -1.99. The molecule has 0 bridgehead atoms. The molecule has 92 valence electrons. The van der Waals surface area contributed by atoms with Crippen LogP contribution in [0.15, 0.2) is 42.5 Å². The maximum absolute atomic E-state index is 13.4. The third kappa shape index (κ3) is 2.45. The highest BCUT2D eigenvalue weighted by Gasteiger charge is 2.19. The second-order valence-corrected chi connectivity index (χ2v) is 3.89. The van der Waals surface area contributed by atoms with Crippen molar-refractivity contribution >= 4 is 17.1 Å². The van der Waals surface area contributed by atoms with Gasteiger partial charge in [0.15, 0.2) is 0 Å². The number of nitro groups is 1. The number of nitrogens with zero attached hydrogens (tertiary/aromatic N) is 1. The summed E-state index contributed by atoms with van der Waals surface area (Å²) in [6, 6.07) is 11.3. The van der Waals surface area contributed by atoms with Crippen molar-refractivity contribution < 1.29 is 9.31 Å². The number of halogens is 1. The Kier molecular flexibility index (Phi) is 3.23. The molecule has 0 amide bonds. The molecule has 18 heavy (non-hydrogen) atoms. The molecule has 2 aromatic rings. The molecule has 0 atom stereocenters. The van der Waals surface area contributed by atoms with Crippen molar-refractivity contribution in [3.05, 3.63) is 64.0 Å². The van der Waals surface area contributed by atoms with E-state index in [1.165, 1.54) is 12.1 Å². The molecular formula is C13H11FN2O2. The van der Waals surface area contributed by atoms with Gasteiger partial charge in [-0.3, -0.25) is 10.1 Å². The Balaban J connectivity index is 2.40. The first kappa shape index (κ1) is 12.0. The molecule has 5 heteroatoms. The minimum atomic E-state index is -0.849. The fraction of sp³-hybridized carbons (Fsp3) is 0.0769. The van der Waals surface area contributed by atoms with Gasteiger partial charge in [-0.25, -0.2) is 0 Å². The monoisotopic (exact) mass is 246 g/mol. The van der Waals surface area contributed by atoms with Gasteiger partial charge in [-0.05, 0) is 36.8 Å². The Bertz CT molecular complexity index is 599. The van der Waals surface area contributed by atoms with E-state index < -0.39 is 16.4 Å². The second-order valence-electron chi connectivity index (χ2n) is 3.89. The molecule has 0 saturated carbocycles. The van der Waals surface area contributed by atoms with Crippen LogP contribution in [0.1, 0.15) is 5.56 Å². The molecule has 0 aliphatic carbocycles. The molecule has 0 radical (unpaired) electrons. The second kappa shape index (κ2) is 4.83. The largest absolute Gasteiger partial charge is 0.350 e. The highest BCUT2D eigenvalue weighted by Crippen LogP contribution is 2.30. The SMILES string of the molecule is Cc1cccc(Nc2cccc(F)c2[N+](=O)[O-])c1. The first-order chi connectivity index (χ1) is 8.58. The predicted molar refractivity (Wildman–Crippen MR) is 67.5 cm³/mol. The molecular weight excluding hydrogens is 235 g/mol. The quantitative estimate of drug-likeness (QED) is 0.662. The minimum Gasteiger partial charge on any atom is -0.350 e. The molecule has 1 N–H and O–H groups in total. The molecule has 2 aromatic carbocycles. The van der Waals surface area contributed by atoms with E-state index in [-0.39, 0.29) is 5.69 Å². The topological polar surface area (TPSA) is 55.2 Å². The number of hydrogen-bond acceptors (Lipinski definition) is 3. The Morgan fingerprint density at radius 2 is 1.94 bits per heavy atom. The maximum atomic E-state index is 13.4. The molecule has 0 aliphatic heterocycles. The van der Waals surface area contributed by atoms with Crippen LogP contribution < -0.4 is 5.32 Å². The number of hydrogen-bond donors (Lipinski definition) is 1. The van der Waals surface area contributed by atoms with Crippen molar-refractivity contribution in [1.29, 1.82) is 0 Å². The minimum absolute atomic E-state index is 0.144. The van der Waals surface area contributed by atoms with E-state index in [4.69, 9.17) is 0 Å². The summed E-state index contributed by atoms with van der Waals surface area (Å²) < 4.78 is 13.4. The van der Waals surface area contributed by atoms with Gasteiger partial charge in [0.25, 0.3) is 0 Å². The molecule has 0 spiro atoms. The van der Waals surface area contributed by atoms with Crippen LogP contribution in [0.25, 0.3) is 0 Å². The molecule has 0 fully saturated rings. The van der Waals surface area contributed by atoms with E-state index in [0.717, 1.165) is 11.6 Å². The number of para-hydroxylation sites is 1. The Morgan fingerprint density at radius 1 is 1.22 bits per heavy atom. The van der Waals surface area contributed by atoms with Gasteiger partial charge in [0.1, 0.15) is 5.69 Å². The van der Waals surface area contributed by atoms with E-state index in [9.17, 15) is 14.5 Å². The zero-order valence-electron chi connectivity index (χ0n) is 9.68.